The predicted octanol–water partition coefficient (Wildman–Crippen LogP) is 3.03. The summed E-state index contributed by atoms with van der Waals surface area (Å²) in [5.74, 6) is -0.657. The van der Waals surface area contributed by atoms with E-state index in [0.717, 1.165) is 25.0 Å². The van der Waals surface area contributed by atoms with E-state index in [0.29, 0.717) is 25.9 Å². The predicted molar refractivity (Wildman–Crippen MR) is 104 cm³/mol. The van der Waals surface area contributed by atoms with Crippen molar-refractivity contribution in [1.82, 2.24) is 9.62 Å². The number of rotatable bonds is 4. The van der Waals surface area contributed by atoms with Gasteiger partial charge in [-0.1, -0.05) is 24.3 Å². The second-order valence-corrected chi connectivity index (χ2v) is 9.37. The zero-order chi connectivity index (χ0) is 19.7. The number of amides is 1. The lowest BCUT2D eigenvalue weighted by molar-refractivity contribution is -0.126. The molecule has 4 rings (SSSR count). The second kappa shape index (κ2) is 7.64. The maximum atomic E-state index is 13.1. The van der Waals surface area contributed by atoms with Gasteiger partial charge in [0.1, 0.15) is 5.82 Å². The lowest BCUT2D eigenvalue weighted by atomic mass is 9.96. The van der Waals surface area contributed by atoms with E-state index in [1.807, 2.05) is 12.1 Å². The van der Waals surface area contributed by atoms with Crippen LogP contribution >= 0.6 is 0 Å². The van der Waals surface area contributed by atoms with E-state index in [1.165, 1.54) is 27.6 Å². The van der Waals surface area contributed by atoms with Gasteiger partial charge in [-0.2, -0.15) is 4.31 Å². The molecule has 0 saturated carbocycles. The summed E-state index contributed by atoms with van der Waals surface area (Å²) in [5, 5.41) is 3.15. The number of halogens is 1. The Labute approximate surface area is 164 Å². The van der Waals surface area contributed by atoms with Gasteiger partial charge in [-0.15, -0.1) is 0 Å². The minimum atomic E-state index is -3.66. The fraction of sp³-hybridized carbons (Fsp3) is 0.381. The Bertz CT molecular complexity index is 967. The van der Waals surface area contributed by atoms with Crippen LogP contribution in [-0.2, 0) is 21.2 Å². The van der Waals surface area contributed by atoms with Crippen molar-refractivity contribution in [1.29, 1.82) is 0 Å². The van der Waals surface area contributed by atoms with E-state index >= 15 is 0 Å². The first kappa shape index (κ1) is 19.1. The molecule has 1 amide bonds. The van der Waals surface area contributed by atoms with Gasteiger partial charge in [0.25, 0.3) is 0 Å². The van der Waals surface area contributed by atoms with Crippen molar-refractivity contribution in [2.75, 3.05) is 13.1 Å². The molecule has 2 aromatic carbocycles. The SMILES string of the molecule is O=C(N[C@H]1CCc2ccccc21)C1CCN(S(=O)(=O)c2ccc(F)cc2)CC1. The van der Waals surface area contributed by atoms with E-state index < -0.39 is 15.8 Å². The van der Waals surface area contributed by atoms with Crippen LogP contribution in [0, 0.1) is 11.7 Å². The highest BCUT2D eigenvalue weighted by atomic mass is 32.2. The third-order valence-electron chi connectivity index (χ3n) is 5.73. The number of piperidine rings is 1. The highest BCUT2D eigenvalue weighted by molar-refractivity contribution is 7.89. The number of fused-ring (bicyclic) bond motifs is 1. The smallest absolute Gasteiger partial charge is 0.243 e. The number of nitrogens with zero attached hydrogens (tertiary/aromatic N) is 1. The molecule has 1 atom stereocenters. The lowest BCUT2D eigenvalue weighted by Crippen LogP contribution is -2.43. The van der Waals surface area contributed by atoms with Gasteiger partial charge in [0.15, 0.2) is 0 Å². The Kier molecular flexibility index (Phi) is 5.21. The van der Waals surface area contributed by atoms with Gasteiger partial charge in [-0.05, 0) is 61.1 Å². The Morgan fingerprint density at radius 1 is 1.00 bits per heavy atom. The average Bonchev–Trinajstić information content (AvgIpc) is 3.11. The van der Waals surface area contributed by atoms with Crippen LogP contribution in [0.2, 0.25) is 0 Å². The van der Waals surface area contributed by atoms with E-state index in [-0.39, 0.29) is 22.8 Å². The van der Waals surface area contributed by atoms with Crippen molar-refractivity contribution >= 4 is 15.9 Å². The minimum Gasteiger partial charge on any atom is -0.349 e. The Morgan fingerprint density at radius 3 is 2.39 bits per heavy atom. The molecule has 1 N–H and O–H groups in total. The van der Waals surface area contributed by atoms with Gasteiger partial charge in [0.05, 0.1) is 10.9 Å². The fourth-order valence-corrected chi connectivity index (χ4v) is 5.58. The number of hydrogen-bond donors (Lipinski definition) is 1. The molecule has 2 aliphatic rings. The van der Waals surface area contributed by atoms with Crippen molar-refractivity contribution in [3.05, 3.63) is 65.5 Å². The highest BCUT2D eigenvalue weighted by Crippen LogP contribution is 2.32. The van der Waals surface area contributed by atoms with Crippen LogP contribution in [-0.4, -0.2) is 31.7 Å². The van der Waals surface area contributed by atoms with Gasteiger partial charge < -0.3 is 5.32 Å². The molecule has 1 fully saturated rings. The molecule has 0 radical (unpaired) electrons. The molecule has 5 nitrogen and oxygen atoms in total. The molecule has 1 aliphatic carbocycles. The lowest BCUT2D eigenvalue weighted by Gasteiger charge is -2.31. The molecule has 2 aromatic rings. The summed E-state index contributed by atoms with van der Waals surface area (Å²) in [7, 11) is -3.66. The monoisotopic (exact) mass is 402 g/mol. The molecule has 0 bridgehead atoms. The summed E-state index contributed by atoms with van der Waals surface area (Å²) in [6.07, 6.45) is 2.85. The minimum absolute atomic E-state index is 0.000494. The van der Waals surface area contributed by atoms with Crippen LogP contribution in [0.25, 0.3) is 0 Å². The number of hydrogen-bond acceptors (Lipinski definition) is 3. The van der Waals surface area contributed by atoms with E-state index in [2.05, 4.69) is 17.4 Å². The van der Waals surface area contributed by atoms with E-state index in [9.17, 15) is 17.6 Å². The first-order valence-corrected chi connectivity index (χ1v) is 11.0. The zero-order valence-electron chi connectivity index (χ0n) is 15.5. The third kappa shape index (κ3) is 3.69. The number of carbonyl (C=O) groups is 1. The molecular weight excluding hydrogens is 379 g/mol. The van der Waals surface area contributed by atoms with Crippen molar-refractivity contribution < 1.29 is 17.6 Å². The summed E-state index contributed by atoms with van der Waals surface area (Å²) in [4.78, 5) is 12.8. The molecule has 7 heteroatoms. The van der Waals surface area contributed by atoms with Crippen molar-refractivity contribution in [3.8, 4) is 0 Å². The van der Waals surface area contributed by atoms with E-state index in [4.69, 9.17) is 0 Å². The van der Waals surface area contributed by atoms with Crippen LogP contribution in [0.1, 0.15) is 36.4 Å². The van der Waals surface area contributed by atoms with Gasteiger partial charge in [-0.3, -0.25) is 4.79 Å². The molecule has 1 heterocycles. The first-order chi connectivity index (χ1) is 13.4. The van der Waals surface area contributed by atoms with Crippen LogP contribution in [0.4, 0.5) is 4.39 Å². The highest BCUT2D eigenvalue weighted by Gasteiger charge is 2.33. The van der Waals surface area contributed by atoms with Crippen LogP contribution in [0.3, 0.4) is 0 Å². The molecule has 0 aromatic heterocycles. The van der Waals surface area contributed by atoms with Gasteiger partial charge >= 0.3 is 0 Å². The maximum Gasteiger partial charge on any atom is 0.243 e. The van der Waals surface area contributed by atoms with Gasteiger partial charge in [0.2, 0.25) is 15.9 Å². The maximum absolute atomic E-state index is 13.1. The van der Waals surface area contributed by atoms with Crippen LogP contribution in [0.15, 0.2) is 53.4 Å². The Hall–Kier alpha value is -2.25. The summed E-state index contributed by atoms with van der Waals surface area (Å²) in [5.41, 5.74) is 2.47. The summed E-state index contributed by atoms with van der Waals surface area (Å²) in [6, 6.07) is 13.1. The summed E-state index contributed by atoms with van der Waals surface area (Å²) in [6.45, 7) is 0.581. The Morgan fingerprint density at radius 2 is 1.68 bits per heavy atom. The summed E-state index contributed by atoms with van der Waals surface area (Å²) >= 11 is 0. The summed E-state index contributed by atoms with van der Waals surface area (Å²) < 4.78 is 39.8. The second-order valence-electron chi connectivity index (χ2n) is 7.43. The van der Waals surface area contributed by atoms with Crippen molar-refractivity contribution in [3.63, 3.8) is 0 Å². The number of sulfonamides is 1. The van der Waals surface area contributed by atoms with Crippen LogP contribution < -0.4 is 5.32 Å². The molecule has 1 saturated heterocycles. The standard InChI is InChI=1S/C21H23FN2O3S/c22-17-6-8-18(9-7-17)28(26,27)24-13-11-16(12-14-24)21(25)23-20-10-5-15-3-1-2-4-19(15)20/h1-4,6-9,16,20H,5,10-14H2,(H,23,25)/t20-/m0/s1. The van der Waals surface area contributed by atoms with Gasteiger partial charge in [-0.25, -0.2) is 12.8 Å². The average molecular weight is 402 g/mol. The molecule has 28 heavy (non-hydrogen) atoms. The molecule has 0 unspecified atom stereocenters. The molecule has 0 spiro atoms. The quantitative estimate of drug-likeness (QED) is 0.855. The Balaban J connectivity index is 1.36. The number of benzene rings is 2. The largest absolute Gasteiger partial charge is 0.349 e. The first-order valence-electron chi connectivity index (χ1n) is 9.59. The van der Waals surface area contributed by atoms with Crippen molar-refractivity contribution in [2.24, 2.45) is 5.92 Å². The zero-order valence-corrected chi connectivity index (χ0v) is 16.3. The fourth-order valence-electron chi connectivity index (χ4n) is 4.11. The third-order valence-corrected chi connectivity index (χ3v) is 7.64. The number of aryl methyl sites for hydroxylation is 1. The molecule has 1 aliphatic heterocycles. The normalized spacial score (nSPS) is 20.7. The number of carbonyl (C=O) groups excluding carboxylic acids is 1. The van der Waals surface area contributed by atoms with Gasteiger partial charge in [0, 0.05) is 19.0 Å². The topological polar surface area (TPSA) is 66.5 Å². The number of nitrogens with one attached hydrogen (secondary N) is 1. The van der Waals surface area contributed by atoms with Crippen molar-refractivity contribution in [2.45, 2.75) is 36.6 Å². The van der Waals surface area contributed by atoms with Crippen LogP contribution in [0.5, 0.6) is 0 Å². The van der Waals surface area contributed by atoms with E-state index in [1.54, 1.807) is 0 Å². The molecule has 148 valence electrons. The molecular formula is C21H23FN2O3S.